The van der Waals surface area contributed by atoms with E-state index in [1.54, 1.807) is 23.5 Å². The van der Waals surface area contributed by atoms with E-state index >= 15 is 0 Å². The molecule has 1 N–H and O–H groups in total. The summed E-state index contributed by atoms with van der Waals surface area (Å²) in [5.74, 6) is -0.407. The lowest BCUT2D eigenvalue weighted by molar-refractivity contribution is -0.274. The molecule has 0 aliphatic rings. The van der Waals surface area contributed by atoms with Crippen LogP contribution in [0.25, 0.3) is 9.88 Å². The van der Waals surface area contributed by atoms with Crippen LogP contribution in [0.15, 0.2) is 47.2 Å². The quantitative estimate of drug-likeness (QED) is 0.614. The molecule has 9 heteroatoms. The molecular formula is C18H15F3N2O2S2. The molecule has 27 heavy (non-hydrogen) atoms. The molecular weight excluding hydrogens is 397 g/mol. The highest BCUT2D eigenvalue weighted by molar-refractivity contribution is 7.20. The van der Waals surface area contributed by atoms with Gasteiger partial charge in [0.05, 0.1) is 17.0 Å². The van der Waals surface area contributed by atoms with E-state index in [4.69, 9.17) is 0 Å². The lowest BCUT2D eigenvalue weighted by Crippen LogP contribution is -2.27. The van der Waals surface area contributed by atoms with Crippen molar-refractivity contribution in [1.29, 1.82) is 0 Å². The van der Waals surface area contributed by atoms with Crippen molar-refractivity contribution >= 4 is 28.6 Å². The van der Waals surface area contributed by atoms with Crippen molar-refractivity contribution < 1.29 is 22.7 Å². The van der Waals surface area contributed by atoms with Gasteiger partial charge in [-0.3, -0.25) is 4.79 Å². The van der Waals surface area contributed by atoms with E-state index in [1.165, 1.54) is 23.5 Å². The Labute approximate surface area is 161 Å². The Morgan fingerprint density at radius 2 is 1.93 bits per heavy atom. The molecule has 1 amide bonds. The van der Waals surface area contributed by atoms with Crippen LogP contribution in [0, 0.1) is 0 Å². The van der Waals surface area contributed by atoms with E-state index < -0.39 is 6.36 Å². The third-order valence-corrected chi connectivity index (χ3v) is 5.45. The van der Waals surface area contributed by atoms with Gasteiger partial charge in [0.2, 0.25) is 5.91 Å². The summed E-state index contributed by atoms with van der Waals surface area (Å²) >= 11 is 3.10. The molecule has 0 radical (unpaired) electrons. The summed E-state index contributed by atoms with van der Waals surface area (Å²) in [4.78, 5) is 17.6. The molecule has 142 valence electrons. The summed E-state index contributed by atoms with van der Waals surface area (Å²) in [6, 6.07) is 9.54. The van der Waals surface area contributed by atoms with Crippen LogP contribution in [0.3, 0.4) is 0 Å². The zero-order valence-corrected chi connectivity index (χ0v) is 15.6. The molecule has 0 fully saturated rings. The van der Waals surface area contributed by atoms with Crippen LogP contribution in [0.1, 0.15) is 11.3 Å². The minimum atomic E-state index is -4.70. The molecule has 4 nitrogen and oxygen atoms in total. The fraction of sp³-hybridized carbons (Fsp3) is 0.222. The molecule has 0 bridgehead atoms. The number of carbonyl (C=O) groups excluding carboxylic acids is 1. The van der Waals surface area contributed by atoms with Gasteiger partial charge < -0.3 is 10.1 Å². The average molecular weight is 412 g/mol. The maximum Gasteiger partial charge on any atom is 0.573 e. The molecule has 0 saturated carbocycles. The molecule has 0 spiro atoms. The van der Waals surface area contributed by atoms with E-state index in [2.05, 4.69) is 15.0 Å². The van der Waals surface area contributed by atoms with Crippen molar-refractivity contribution in [1.82, 2.24) is 10.3 Å². The predicted molar refractivity (Wildman–Crippen MR) is 99.0 cm³/mol. The molecule has 0 atom stereocenters. The molecule has 0 unspecified atom stereocenters. The number of ether oxygens (including phenoxy) is 1. The lowest BCUT2D eigenvalue weighted by Gasteiger charge is -2.09. The van der Waals surface area contributed by atoms with Crippen molar-refractivity contribution in [3.05, 3.63) is 58.4 Å². The molecule has 3 rings (SSSR count). The van der Waals surface area contributed by atoms with E-state index in [-0.39, 0.29) is 18.1 Å². The summed E-state index contributed by atoms with van der Waals surface area (Å²) in [5, 5.41) is 7.54. The molecule has 0 aliphatic carbocycles. The highest BCUT2D eigenvalue weighted by atomic mass is 32.1. The molecule has 0 saturated heterocycles. The zero-order valence-electron chi connectivity index (χ0n) is 14.0. The summed E-state index contributed by atoms with van der Waals surface area (Å²) in [6.45, 7) is 0.389. The van der Waals surface area contributed by atoms with Crippen LogP contribution in [0.2, 0.25) is 0 Å². The molecule has 0 aliphatic heterocycles. The standard InChI is InChI=1S/C18H15F3N2O2S2/c19-18(20,21)25-14-5-3-12(4-6-14)7-8-22-16(24)10-13-11-27-17(23-13)15-2-1-9-26-15/h1-6,9,11H,7-8,10H2,(H,22,24). The fourth-order valence-corrected chi connectivity index (χ4v) is 3.97. The number of thiazole rings is 1. The van der Waals surface area contributed by atoms with Gasteiger partial charge in [0.15, 0.2) is 0 Å². The maximum atomic E-state index is 12.1. The second-order valence-corrected chi connectivity index (χ2v) is 7.40. The summed E-state index contributed by atoms with van der Waals surface area (Å²) in [5.41, 5.74) is 1.52. The number of halogens is 3. The number of benzene rings is 1. The predicted octanol–water partition coefficient (Wildman–Crippen LogP) is 4.67. The molecule has 1 aromatic carbocycles. The summed E-state index contributed by atoms with van der Waals surface area (Å²) < 4.78 is 40.2. The topological polar surface area (TPSA) is 51.2 Å². The minimum Gasteiger partial charge on any atom is -0.406 e. The number of hydrogen-bond donors (Lipinski definition) is 1. The van der Waals surface area contributed by atoms with E-state index in [9.17, 15) is 18.0 Å². The Bertz CT molecular complexity index is 875. The molecule has 3 aromatic rings. The lowest BCUT2D eigenvalue weighted by atomic mass is 10.1. The highest BCUT2D eigenvalue weighted by Gasteiger charge is 2.30. The van der Waals surface area contributed by atoms with Gasteiger partial charge in [0, 0.05) is 11.9 Å². The largest absolute Gasteiger partial charge is 0.573 e. The van der Waals surface area contributed by atoms with E-state index in [0.717, 1.165) is 21.1 Å². The van der Waals surface area contributed by atoms with E-state index in [0.29, 0.717) is 13.0 Å². The Balaban J connectivity index is 1.43. The maximum absolute atomic E-state index is 12.1. The SMILES string of the molecule is O=C(Cc1csc(-c2cccs2)n1)NCCc1ccc(OC(F)(F)F)cc1. The molecule has 2 aromatic heterocycles. The number of amides is 1. The van der Waals surface area contributed by atoms with Gasteiger partial charge in [0.25, 0.3) is 0 Å². The summed E-state index contributed by atoms with van der Waals surface area (Å²) in [6.07, 6.45) is -4.00. The monoisotopic (exact) mass is 412 g/mol. The first kappa shape index (κ1) is 19.4. The van der Waals surface area contributed by atoms with Gasteiger partial charge in [-0.25, -0.2) is 4.98 Å². The Kier molecular flexibility index (Phi) is 6.12. The third kappa shape index (κ3) is 6.07. The Morgan fingerprint density at radius 3 is 2.59 bits per heavy atom. The van der Waals surface area contributed by atoms with Gasteiger partial charge >= 0.3 is 6.36 Å². The average Bonchev–Trinajstić information content (AvgIpc) is 3.26. The zero-order chi connectivity index (χ0) is 19.3. The van der Waals surface area contributed by atoms with Gasteiger partial charge in [-0.2, -0.15) is 0 Å². The number of rotatable bonds is 7. The smallest absolute Gasteiger partial charge is 0.406 e. The Morgan fingerprint density at radius 1 is 1.15 bits per heavy atom. The van der Waals surface area contributed by atoms with Crippen LogP contribution < -0.4 is 10.1 Å². The number of thiophene rings is 1. The van der Waals surface area contributed by atoms with Crippen LogP contribution in [-0.4, -0.2) is 23.8 Å². The first-order valence-electron chi connectivity index (χ1n) is 7.99. The number of alkyl halides is 3. The molecule has 2 heterocycles. The van der Waals surface area contributed by atoms with Gasteiger partial charge in [-0.05, 0) is 35.6 Å². The number of nitrogens with one attached hydrogen (secondary N) is 1. The number of hydrogen-bond acceptors (Lipinski definition) is 5. The Hall–Kier alpha value is -2.39. The van der Waals surface area contributed by atoms with Crippen LogP contribution in [0.5, 0.6) is 5.75 Å². The summed E-state index contributed by atoms with van der Waals surface area (Å²) in [7, 11) is 0. The van der Waals surface area contributed by atoms with Gasteiger partial charge in [-0.15, -0.1) is 35.8 Å². The van der Waals surface area contributed by atoms with Crippen molar-refractivity contribution in [2.45, 2.75) is 19.2 Å². The number of carbonyl (C=O) groups is 1. The van der Waals surface area contributed by atoms with Crippen LogP contribution in [0.4, 0.5) is 13.2 Å². The first-order chi connectivity index (χ1) is 12.9. The van der Waals surface area contributed by atoms with Crippen molar-refractivity contribution in [2.75, 3.05) is 6.54 Å². The third-order valence-electron chi connectivity index (χ3n) is 3.52. The van der Waals surface area contributed by atoms with Crippen LogP contribution >= 0.6 is 22.7 Å². The second kappa shape index (κ2) is 8.53. The van der Waals surface area contributed by atoms with Gasteiger partial charge in [0.1, 0.15) is 10.8 Å². The highest BCUT2D eigenvalue weighted by Crippen LogP contribution is 2.28. The van der Waals surface area contributed by atoms with Crippen molar-refractivity contribution in [3.8, 4) is 15.6 Å². The van der Waals surface area contributed by atoms with Gasteiger partial charge in [-0.1, -0.05) is 18.2 Å². The minimum absolute atomic E-state index is 0.143. The van der Waals surface area contributed by atoms with E-state index in [1.807, 2.05) is 22.9 Å². The number of nitrogens with zero attached hydrogens (tertiary/aromatic N) is 1. The normalized spacial score (nSPS) is 11.4. The second-order valence-electron chi connectivity index (χ2n) is 5.59. The van der Waals surface area contributed by atoms with Crippen LogP contribution in [-0.2, 0) is 17.6 Å². The number of aromatic nitrogens is 1. The first-order valence-corrected chi connectivity index (χ1v) is 9.75. The fourth-order valence-electron chi connectivity index (χ4n) is 2.33. The van der Waals surface area contributed by atoms with Crippen molar-refractivity contribution in [2.24, 2.45) is 0 Å². The van der Waals surface area contributed by atoms with Crippen molar-refractivity contribution in [3.63, 3.8) is 0 Å².